The summed E-state index contributed by atoms with van der Waals surface area (Å²) in [5, 5.41) is -0.336. The van der Waals surface area contributed by atoms with Gasteiger partial charge < -0.3 is 5.73 Å². The van der Waals surface area contributed by atoms with Gasteiger partial charge in [0.05, 0.1) is 16.0 Å². The Morgan fingerprint density at radius 3 is 2.27 bits per heavy atom. The van der Waals surface area contributed by atoms with E-state index in [1.807, 2.05) is 0 Å². The zero-order chi connectivity index (χ0) is 9.07. The second kappa shape index (κ2) is 4.01. The lowest BCUT2D eigenvalue weighted by Gasteiger charge is -2.05. The van der Waals surface area contributed by atoms with Gasteiger partial charge in [-0.05, 0) is 13.8 Å². The van der Waals surface area contributed by atoms with Crippen LogP contribution in [0, 0.1) is 0 Å². The highest BCUT2D eigenvalue weighted by atomic mass is 32.2. The van der Waals surface area contributed by atoms with Gasteiger partial charge in [-0.1, -0.05) is 12.2 Å². The van der Waals surface area contributed by atoms with Gasteiger partial charge in [0.2, 0.25) is 0 Å². The Hall–Kier alpha value is -0.160. The second-order valence-electron chi connectivity index (χ2n) is 2.63. The maximum atomic E-state index is 11.1. The minimum Gasteiger partial charge on any atom is -0.393 e. The van der Waals surface area contributed by atoms with Crippen molar-refractivity contribution in [3.05, 3.63) is 0 Å². The Morgan fingerprint density at radius 2 is 2.00 bits per heavy atom. The third kappa shape index (κ3) is 4.31. The summed E-state index contributed by atoms with van der Waals surface area (Å²) < 4.78 is 22.2. The van der Waals surface area contributed by atoms with Crippen molar-refractivity contribution in [3.8, 4) is 0 Å². The summed E-state index contributed by atoms with van der Waals surface area (Å²) >= 11 is 4.56. The fourth-order valence-corrected chi connectivity index (χ4v) is 1.69. The minimum atomic E-state index is -2.96. The SMILES string of the molecule is CC(C)S(=O)(=O)CCC(N)=S. The molecule has 0 amide bonds. The number of sulfone groups is 1. The molecule has 0 spiro atoms. The molecule has 66 valence electrons. The lowest BCUT2D eigenvalue weighted by Crippen LogP contribution is -2.21. The highest BCUT2D eigenvalue weighted by molar-refractivity contribution is 7.92. The highest BCUT2D eigenvalue weighted by Gasteiger charge is 2.15. The molecule has 11 heavy (non-hydrogen) atoms. The van der Waals surface area contributed by atoms with Crippen molar-refractivity contribution in [2.45, 2.75) is 25.5 Å². The van der Waals surface area contributed by atoms with Crippen molar-refractivity contribution in [2.75, 3.05) is 5.75 Å². The Bertz CT molecular complexity index is 231. The van der Waals surface area contributed by atoms with Gasteiger partial charge in [0.1, 0.15) is 0 Å². The summed E-state index contributed by atoms with van der Waals surface area (Å²) in [7, 11) is -2.96. The molecule has 0 aliphatic heterocycles. The number of hydrogen-bond acceptors (Lipinski definition) is 3. The molecular formula is C6H13NO2S2. The van der Waals surface area contributed by atoms with Gasteiger partial charge in [-0.3, -0.25) is 0 Å². The van der Waals surface area contributed by atoms with Crippen LogP contribution < -0.4 is 5.73 Å². The lowest BCUT2D eigenvalue weighted by molar-refractivity contribution is 0.587. The van der Waals surface area contributed by atoms with E-state index in [9.17, 15) is 8.42 Å². The first kappa shape index (κ1) is 10.8. The standard InChI is InChI=1S/C6H13NO2S2/c1-5(2)11(8,9)4-3-6(7)10/h5H,3-4H2,1-2H3,(H2,7,10). The molecule has 0 heterocycles. The summed E-state index contributed by atoms with van der Waals surface area (Å²) in [6, 6.07) is 0. The van der Waals surface area contributed by atoms with E-state index in [0.717, 1.165) is 0 Å². The van der Waals surface area contributed by atoms with Crippen LogP contribution in [-0.2, 0) is 9.84 Å². The van der Waals surface area contributed by atoms with Gasteiger partial charge in [-0.25, -0.2) is 8.42 Å². The van der Waals surface area contributed by atoms with Crippen LogP contribution in [-0.4, -0.2) is 24.4 Å². The first-order valence-electron chi connectivity index (χ1n) is 3.36. The molecular weight excluding hydrogens is 182 g/mol. The summed E-state index contributed by atoms with van der Waals surface area (Å²) in [6.45, 7) is 3.30. The third-order valence-electron chi connectivity index (χ3n) is 1.35. The van der Waals surface area contributed by atoms with E-state index in [4.69, 9.17) is 5.73 Å². The van der Waals surface area contributed by atoms with Crippen molar-refractivity contribution in [1.82, 2.24) is 0 Å². The molecule has 5 heteroatoms. The zero-order valence-corrected chi connectivity index (χ0v) is 8.33. The predicted molar refractivity (Wildman–Crippen MR) is 50.3 cm³/mol. The normalized spacial score (nSPS) is 11.9. The molecule has 0 aromatic rings. The second-order valence-corrected chi connectivity index (χ2v) is 5.83. The maximum Gasteiger partial charge on any atom is 0.153 e. The van der Waals surface area contributed by atoms with E-state index >= 15 is 0 Å². The minimum absolute atomic E-state index is 0.0694. The van der Waals surface area contributed by atoms with Crippen molar-refractivity contribution < 1.29 is 8.42 Å². The molecule has 0 aliphatic carbocycles. The monoisotopic (exact) mass is 195 g/mol. The van der Waals surface area contributed by atoms with Crippen molar-refractivity contribution >= 4 is 27.0 Å². The van der Waals surface area contributed by atoms with E-state index in [1.165, 1.54) is 0 Å². The van der Waals surface area contributed by atoms with Crippen LogP contribution in [0.4, 0.5) is 0 Å². The van der Waals surface area contributed by atoms with E-state index in [2.05, 4.69) is 12.2 Å². The van der Waals surface area contributed by atoms with Crippen LogP contribution in [0.2, 0.25) is 0 Å². The molecule has 0 aliphatic rings. The molecule has 0 saturated heterocycles. The Labute approximate surface area is 72.9 Å². The fourth-order valence-electron chi connectivity index (χ4n) is 0.479. The van der Waals surface area contributed by atoms with Crippen LogP contribution in [0.1, 0.15) is 20.3 Å². The van der Waals surface area contributed by atoms with E-state index < -0.39 is 9.84 Å². The van der Waals surface area contributed by atoms with Gasteiger partial charge in [0, 0.05) is 6.42 Å². The lowest BCUT2D eigenvalue weighted by atomic mass is 10.5. The fraction of sp³-hybridized carbons (Fsp3) is 0.833. The van der Waals surface area contributed by atoms with Crippen molar-refractivity contribution in [2.24, 2.45) is 5.73 Å². The van der Waals surface area contributed by atoms with Gasteiger partial charge in [0.25, 0.3) is 0 Å². The molecule has 3 nitrogen and oxygen atoms in total. The molecule has 0 aromatic heterocycles. The molecule has 0 aromatic carbocycles. The van der Waals surface area contributed by atoms with Crippen LogP contribution in [0.3, 0.4) is 0 Å². The number of hydrogen-bond donors (Lipinski definition) is 1. The van der Waals surface area contributed by atoms with Gasteiger partial charge in [-0.2, -0.15) is 0 Å². The molecule has 0 fully saturated rings. The van der Waals surface area contributed by atoms with Crippen LogP contribution in [0.25, 0.3) is 0 Å². The van der Waals surface area contributed by atoms with Gasteiger partial charge >= 0.3 is 0 Å². The molecule has 0 saturated carbocycles. The van der Waals surface area contributed by atoms with Crippen molar-refractivity contribution in [3.63, 3.8) is 0 Å². The van der Waals surface area contributed by atoms with E-state index in [1.54, 1.807) is 13.8 Å². The highest BCUT2D eigenvalue weighted by Crippen LogP contribution is 2.02. The molecule has 0 bridgehead atoms. The smallest absolute Gasteiger partial charge is 0.153 e. The summed E-state index contributed by atoms with van der Waals surface area (Å²) in [6.07, 6.45) is 0.288. The first-order valence-corrected chi connectivity index (χ1v) is 5.48. The predicted octanol–water partition coefficient (Wildman–Crippen LogP) is 0.486. The molecule has 0 rings (SSSR count). The Balaban J connectivity index is 4.05. The van der Waals surface area contributed by atoms with Crippen LogP contribution >= 0.6 is 12.2 Å². The van der Waals surface area contributed by atoms with Gasteiger partial charge in [0.15, 0.2) is 9.84 Å². The van der Waals surface area contributed by atoms with Crippen LogP contribution in [0.5, 0.6) is 0 Å². The average Bonchev–Trinajstić information content (AvgIpc) is 1.84. The molecule has 0 atom stereocenters. The third-order valence-corrected chi connectivity index (χ3v) is 3.76. The number of thiocarbonyl (C=S) groups is 1. The largest absolute Gasteiger partial charge is 0.393 e. The van der Waals surface area contributed by atoms with E-state index in [0.29, 0.717) is 0 Å². The topological polar surface area (TPSA) is 60.2 Å². The molecule has 2 N–H and O–H groups in total. The average molecular weight is 195 g/mol. The summed E-state index contributed by atoms with van der Waals surface area (Å²) in [4.78, 5) is 0.259. The summed E-state index contributed by atoms with van der Waals surface area (Å²) in [5.41, 5.74) is 5.17. The Kier molecular flexibility index (Phi) is 3.96. The maximum absolute atomic E-state index is 11.1. The van der Waals surface area contributed by atoms with Crippen LogP contribution in [0.15, 0.2) is 0 Å². The van der Waals surface area contributed by atoms with E-state index in [-0.39, 0.29) is 22.4 Å². The van der Waals surface area contributed by atoms with Crippen molar-refractivity contribution in [1.29, 1.82) is 0 Å². The quantitative estimate of drug-likeness (QED) is 0.663. The number of nitrogens with two attached hydrogens (primary N) is 1. The Morgan fingerprint density at radius 1 is 1.55 bits per heavy atom. The van der Waals surface area contributed by atoms with Gasteiger partial charge in [-0.15, -0.1) is 0 Å². The first-order chi connectivity index (χ1) is 4.86. The number of rotatable bonds is 4. The zero-order valence-electron chi connectivity index (χ0n) is 6.70. The molecule has 0 unspecified atom stereocenters. The molecule has 0 radical (unpaired) electrons. The summed E-state index contributed by atoms with van der Waals surface area (Å²) in [5.74, 6) is 0.0694.